The minimum atomic E-state index is 0.0593. The zero-order valence-corrected chi connectivity index (χ0v) is 14.2. The predicted octanol–water partition coefficient (Wildman–Crippen LogP) is 2.14. The standard InChI is InChI=1S/C18H22N4O2/c1-12-10-15(13(2)24-12)18(23)22-8-6-21(7-9-22)17-11-14-4-3-5-16(14)19-20-17/h10-11H,3-9H2,1-2H3. The minimum absolute atomic E-state index is 0.0593. The van der Waals surface area contributed by atoms with E-state index >= 15 is 0 Å². The van der Waals surface area contributed by atoms with Gasteiger partial charge in [-0.2, -0.15) is 5.10 Å². The lowest BCUT2D eigenvalue weighted by molar-refractivity contribution is 0.0744. The first-order valence-corrected chi connectivity index (χ1v) is 8.58. The summed E-state index contributed by atoms with van der Waals surface area (Å²) in [6.45, 7) is 6.68. The maximum Gasteiger partial charge on any atom is 0.257 e. The summed E-state index contributed by atoms with van der Waals surface area (Å²) in [5.41, 5.74) is 3.17. The molecule has 4 rings (SSSR count). The van der Waals surface area contributed by atoms with E-state index in [2.05, 4.69) is 21.2 Å². The number of furan rings is 1. The lowest BCUT2D eigenvalue weighted by Gasteiger charge is -2.35. The zero-order valence-electron chi connectivity index (χ0n) is 14.2. The van der Waals surface area contributed by atoms with E-state index in [0.717, 1.165) is 43.2 Å². The number of aryl methyl sites for hydroxylation is 4. The van der Waals surface area contributed by atoms with Crippen molar-refractivity contribution in [1.29, 1.82) is 0 Å². The van der Waals surface area contributed by atoms with Gasteiger partial charge in [0.15, 0.2) is 5.82 Å². The summed E-state index contributed by atoms with van der Waals surface area (Å²) >= 11 is 0. The minimum Gasteiger partial charge on any atom is -0.466 e. The summed E-state index contributed by atoms with van der Waals surface area (Å²) in [6, 6.07) is 4.01. The summed E-state index contributed by atoms with van der Waals surface area (Å²) in [6.07, 6.45) is 3.34. The molecule has 0 N–H and O–H groups in total. The van der Waals surface area contributed by atoms with Crippen molar-refractivity contribution < 1.29 is 9.21 Å². The number of carbonyl (C=O) groups is 1. The van der Waals surface area contributed by atoms with Gasteiger partial charge in [0, 0.05) is 26.2 Å². The van der Waals surface area contributed by atoms with Gasteiger partial charge in [-0.3, -0.25) is 4.79 Å². The Labute approximate surface area is 141 Å². The number of amides is 1. The van der Waals surface area contributed by atoms with Crippen molar-refractivity contribution in [2.45, 2.75) is 33.1 Å². The number of fused-ring (bicyclic) bond motifs is 1. The van der Waals surface area contributed by atoms with E-state index in [1.807, 2.05) is 24.8 Å². The van der Waals surface area contributed by atoms with Gasteiger partial charge in [-0.05, 0) is 50.8 Å². The molecule has 1 saturated heterocycles. The normalized spacial score (nSPS) is 17.2. The van der Waals surface area contributed by atoms with Crippen LogP contribution in [0.3, 0.4) is 0 Å². The average molecular weight is 326 g/mol. The molecule has 0 radical (unpaired) electrons. The van der Waals surface area contributed by atoms with Crippen LogP contribution in [-0.2, 0) is 12.8 Å². The lowest BCUT2D eigenvalue weighted by atomic mass is 10.2. The van der Waals surface area contributed by atoms with Gasteiger partial charge in [0.25, 0.3) is 5.91 Å². The molecule has 0 atom stereocenters. The number of carbonyl (C=O) groups excluding carboxylic acids is 1. The van der Waals surface area contributed by atoms with Gasteiger partial charge in [0.2, 0.25) is 0 Å². The van der Waals surface area contributed by atoms with E-state index in [1.165, 1.54) is 12.0 Å². The molecule has 2 aliphatic rings. The first-order chi connectivity index (χ1) is 11.6. The molecule has 2 aromatic rings. The monoisotopic (exact) mass is 326 g/mol. The van der Waals surface area contributed by atoms with E-state index in [-0.39, 0.29) is 5.91 Å². The number of hydrogen-bond acceptors (Lipinski definition) is 5. The van der Waals surface area contributed by atoms with Crippen LogP contribution >= 0.6 is 0 Å². The third-order valence-electron chi connectivity index (χ3n) is 4.97. The Balaban J connectivity index is 1.43. The van der Waals surface area contributed by atoms with E-state index in [1.54, 1.807) is 0 Å². The predicted molar refractivity (Wildman–Crippen MR) is 90.4 cm³/mol. The molecule has 0 unspecified atom stereocenters. The van der Waals surface area contributed by atoms with Crippen LogP contribution in [0.2, 0.25) is 0 Å². The number of nitrogens with zero attached hydrogens (tertiary/aromatic N) is 4. The van der Waals surface area contributed by atoms with Crippen molar-refractivity contribution in [1.82, 2.24) is 15.1 Å². The van der Waals surface area contributed by atoms with Gasteiger partial charge in [0.05, 0.1) is 11.3 Å². The quantitative estimate of drug-likeness (QED) is 0.846. The van der Waals surface area contributed by atoms with Crippen LogP contribution in [0.25, 0.3) is 0 Å². The van der Waals surface area contributed by atoms with Crippen LogP contribution in [0.1, 0.15) is 39.6 Å². The van der Waals surface area contributed by atoms with Gasteiger partial charge in [-0.15, -0.1) is 5.10 Å². The molecule has 24 heavy (non-hydrogen) atoms. The second-order valence-electron chi connectivity index (χ2n) is 6.63. The highest BCUT2D eigenvalue weighted by Gasteiger charge is 2.26. The number of rotatable bonds is 2. The molecule has 0 bridgehead atoms. The summed E-state index contributed by atoms with van der Waals surface area (Å²) in [5, 5.41) is 8.74. The Kier molecular flexibility index (Phi) is 3.75. The van der Waals surface area contributed by atoms with Crippen LogP contribution in [0.5, 0.6) is 0 Å². The van der Waals surface area contributed by atoms with E-state index < -0.39 is 0 Å². The van der Waals surface area contributed by atoms with Gasteiger partial charge >= 0.3 is 0 Å². The molecular weight excluding hydrogens is 304 g/mol. The third kappa shape index (κ3) is 2.66. The highest BCUT2D eigenvalue weighted by molar-refractivity contribution is 5.95. The Hall–Kier alpha value is -2.37. The zero-order chi connectivity index (χ0) is 16.7. The molecule has 0 aromatic carbocycles. The molecule has 6 nitrogen and oxygen atoms in total. The van der Waals surface area contributed by atoms with Crippen molar-refractivity contribution in [2.75, 3.05) is 31.1 Å². The molecule has 1 fully saturated rings. The fraction of sp³-hybridized carbons (Fsp3) is 0.500. The second kappa shape index (κ2) is 5.92. The molecule has 0 spiro atoms. The summed E-state index contributed by atoms with van der Waals surface area (Å²) < 4.78 is 5.48. The number of piperazine rings is 1. The smallest absolute Gasteiger partial charge is 0.257 e. The van der Waals surface area contributed by atoms with Gasteiger partial charge in [0.1, 0.15) is 11.5 Å². The lowest BCUT2D eigenvalue weighted by Crippen LogP contribution is -2.49. The summed E-state index contributed by atoms with van der Waals surface area (Å²) in [4.78, 5) is 16.8. The fourth-order valence-corrected chi connectivity index (χ4v) is 3.62. The molecule has 126 valence electrons. The topological polar surface area (TPSA) is 62.5 Å². The Morgan fingerprint density at radius 2 is 1.88 bits per heavy atom. The maximum atomic E-state index is 12.6. The van der Waals surface area contributed by atoms with Gasteiger partial charge in [-0.1, -0.05) is 0 Å². The highest BCUT2D eigenvalue weighted by atomic mass is 16.3. The Morgan fingerprint density at radius 3 is 2.58 bits per heavy atom. The van der Waals surface area contributed by atoms with Gasteiger partial charge in [-0.25, -0.2) is 0 Å². The number of aromatic nitrogens is 2. The number of hydrogen-bond donors (Lipinski definition) is 0. The van der Waals surface area contributed by atoms with Crippen LogP contribution in [0.4, 0.5) is 5.82 Å². The highest BCUT2D eigenvalue weighted by Crippen LogP contribution is 2.24. The van der Waals surface area contributed by atoms with Crippen LogP contribution < -0.4 is 4.90 Å². The van der Waals surface area contributed by atoms with Crippen molar-refractivity contribution in [3.8, 4) is 0 Å². The van der Waals surface area contributed by atoms with Crippen LogP contribution in [0, 0.1) is 13.8 Å². The molecule has 3 heterocycles. The molecular formula is C18H22N4O2. The van der Waals surface area contributed by atoms with E-state index in [0.29, 0.717) is 24.4 Å². The van der Waals surface area contributed by atoms with E-state index in [4.69, 9.17) is 4.42 Å². The third-order valence-corrected chi connectivity index (χ3v) is 4.97. The Morgan fingerprint density at radius 1 is 1.08 bits per heavy atom. The first-order valence-electron chi connectivity index (χ1n) is 8.58. The fourth-order valence-electron chi connectivity index (χ4n) is 3.62. The maximum absolute atomic E-state index is 12.6. The molecule has 1 aliphatic carbocycles. The molecule has 2 aromatic heterocycles. The van der Waals surface area contributed by atoms with Gasteiger partial charge < -0.3 is 14.2 Å². The molecule has 1 amide bonds. The number of anilines is 1. The second-order valence-corrected chi connectivity index (χ2v) is 6.63. The first kappa shape index (κ1) is 15.2. The van der Waals surface area contributed by atoms with Crippen LogP contribution in [-0.4, -0.2) is 47.2 Å². The van der Waals surface area contributed by atoms with E-state index in [9.17, 15) is 4.79 Å². The van der Waals surface area contributed by atoms with Crippen molar-refractivity contribution in [3.05, 3.63) is 40.5 Å². The van der Waals surface area contributed by atoms with Crippen molar-refractivity contribution >= 4 is 11.7 Å². The average Bonchev–Trinajstić information content (AvgIpc) is 3.19. The summed E-state index contributed by atoms with van der Waals surface area (Å²) in [5.74, 6) is 2.48. The van der Waals surface area contributed by atoms with Crippen molar-refractivity contribution in [3.63, 3.8) is 0 Å². The Bertz CT molecular complexity index is 775. The largest absolute Gasteiger partial charge is 0.466 e. The van der Waals surface area contributed by atoms with Crippen molar-refractivity contribution in [2.24, 2.45) is 0 Å². The summed E-state index contributed by atoms with van der Waals surface area (Å²) in [7, 11) is 0. The van der Waals surface area contributed by atoms with Crippen LogP contribution in [0.15, 0.2) is 16.5 Å². The molecule has 6 heteroatoms. The molecule has 1 aliphatic heterocycles. The SMILES string of the molecule is Cc1cc(C(=O)N2CCN(c3cc4c(nn3)CCC4)CC2)c(C)o1. The molecule has 0 saturated carbocycles.